The number of alkyl halides is 4. The van der Waals surface area contributed by atoms with Gasteiger partial charge in [0, 0.05) is 18.6 Å². The van der Waals surface area contributed by atoms with Crippen LogP contribution in [0.4, 0.5) is 22.0 Å². The number of rotatable bonds is 4. The molecule has 1 amide bonds. The molecule has 3 nitrogen and oxygen atoms in total. The van der Waals surface area contributed by atoms with Crippen LogP contribution in [-0.2, 0) is 4.79 Å². The fraction of sp³-hybridized carbons (Fsp3) is 0.533. The Morgan fingerprint density at radius 1 is 1.35 bits per heavy atom. The Kier molecular flexibility index (Phi) is 5.56. The molecular formula is C15H17F5N2O. The van der Waals surface area contributed by atoms with E-state index in [1.807, 2.05) is 0 Å². The highest BCUT2D eigenvalue weighted by atomic mass is 19.4. The minimum absolute atomic E-state index is 0.172. The van der Waals surface area contributed by atoms with Crippen LogP contribution in [0.25, 0.3) is 0 Å². The van der Waals surface area contributed by atoms with E-state index in [4.69, 9.17) is 0 Å². The molecule has 0 spiro atoms. The van der Waals surface area contributed by atoms with Crippen LogP contribution in [0.3, 0.4) is 0 Å². The maximum Gasteiger partial charge on any atom is 0.471 e. The highest BCUT2D eigenvalue weighted by molar-refractivity contribution is 5.82. The molecule has 0 radical (unpaired) electrons. The predicted molar refractivity (Wildman–Crippen MR) is 73.9 cm³/mol. The lowest BCUT2D eigenvalue weighted by Gasteiger charge is -2.38. The maximum absolute atomic E-state index is 13.3. The molecule has 0 aliphatic carbocycles. The van der Waals surface area contributed by atoms with Gasteiger partial charge in [0.05, 0.1) is 0 Å². The Balaban J connectivity index is 2.16. The van der Waals surface area contributed by atoms with Crippen LogP contribution in [0, 0.1) is 5.82 Å². The van der Waals surface area contributed by atoms with Crippen LogP contribution >= 0.6 is 0 Å². The molecule has 1 aromatic carbocycles. The van der Waals surface area contributed by atoms with Crippen LogP contribution in [0.2, 0.25) is 0 Å². The normalized spacial score (nSPS) is 22.0. The number of hydrogen-bond acceptors (Lipinski definition) is 2. The summed E-state index contributed by atoms with van der Waals surface area (Å²) in [6.45, 7) is -1.28. The molecular weight excluding hydrogens is 319 g/mol. The molecule has 1 heterocycles. The van der Waals surface area contributed by atoms with Gasteiger partial charge in [-0.15, -0.1) is 0 Å². The van der Waals surface area contributed by atoms with Crippen molar-refractivity contribution in [3.05, 3.63) is 35.6 Å². The van der Waals surface area contributed by atoms with E-state index < -0.39 is 37.2 Å². The first-order chi connectivity index (χ1) is 10.8. The average molecular weight is 336 g/mol. The number of carbonyl (C=O) groups excluding carboxylic acids is 1. The number of piperidine rings is 1. The fourth-order valence-electron chi connectivity index (χ4n) is 2.86. The molecule has 2 atom stereocenters. The van der Waals surface area contributed by atoms with Crippen molar-refractivity contribution in [3.63, 3.8) is 0 Å². The average Bonchev–Trinajstić information content (AvgIpc) is 2.51. The van der Waals surface area contributed by atoms with Gasteiger partial charge in [-0.1, -0.05) is 12.1 Å². The molecule has 1 saturated heterocycles. The van der Waals surface area contributed by atoms with E-state index in [0.29, 0.717) is 17.0 Å². The number of nitrogens with one attached hydrogen (secondary N) is 1. The number of nitrogens with zero attached hydrogens (tertiary/aromatic N) is 1. The minimum atomic E-state index is -5.03. The van der Waals surface area contributed by atoms with Gasteiger partial charge in [0.25, 0.3) is 0 Å². The molecule has 0 aromatic heterocycles. The van der Waals surface area contributed by atoms with Crippen molar-refractivity contribution in [2.24, 2.45) is 0 Å². The van der Waals surface area contributed by atoms with Crippen LogP contribution in [0.5, 0.6) is 0 Å². The van der Waals surface area contributed by atoms with E-state index in [1.165, 1.54) is 18.2 Å². The summed E-state index contributed by atoms with van der Waals surface area (Å²) in [4.78, 5) is 12.1. The zero-order valence-electron chi connectivity index (χ0n) is 12.2. The second-order valence-corrected chi connectivity index (χ2v) is 5.43. The third-order valence-electron chi connectivity index (χ3n) is 3.90. The van der Waals surface area contributed by atoms with Gasteiger partial charge in [0.2, 0.25) is 0 Å². The number of benzene rings is 1. The van der Waals surface area contributed by atoms with Crippen molar-refractivity contribution >= 4 is 5.91 Å². The molecule has 23 heavy (non-hydrogen) atoms. The standard InChI is InChI=1S/C15H17F5N2O/c16-5-7-22(14(23)15(18,19)20)12-4-6-21-13(9-12)10-2-1-3-11(17)8-10/h1-3,8,12-13,21H,4-7,9H2/t12-,13+/m1/s1. The Morgan fingerprint density at radius 2 is 2.09 bits per heavy atom. The number of carbonyl (C=O) groups is 1. The highest BCUT2D eigenvalue weighted by Gasteiger charge is 2.45. The Bertz CT molecular complexity index is 549. The van der Waals surface area contributed by atoms with Crippen LogP contribution in [0.1, 0.15) is 24.4 Å². The zero-order valence-corrected chi connectivity index (χ0v) is 12.2. The summed E-state index contributed by atoms with van der Waals surface area (Å²) in [5, 5.41) is 3.09. The van der Waals surface area contributed by atoms with Crippen LogP contribution < -0.4 is 5.32 Å². The molecule has 1 fully saturated rings. The Morgan fingerprint density at radius 3 is 2.70 bits per heavy atom. The summed E-state index contributed by atoms with van der Waals surface area (Å²) < 4.78 is 63.9. The Hall–Kier alpha value is -1.70. The SMILES string of the molecule is O=C(N(CCF)[C@@H]1CCN[C@H](c2cccc(F)c2)C1)C(F)(F)F. The van der Waals surface area contributed by atoms with Gasteiger partial charge >= 0.3 is 12.1 Å². The predicted octanol–water partition coefficient (Wildman–Crippen LogP) is 2.98. The molecule has 1 aromatic rings. The third kappa shape index (κ3) is 4.40. The molecule has 1 aliphatic rings. The van der Waals surface area contributed by atoms with Gasteiger partial charge in [-0.2, -0.15) is 13.2 Å². The summed E-state index contributed by atoms with van der Waals surface area (Å²) in [5.74, 6) is -2.47. The second kappa shape index (κ2) is 7.25. The lowest BCUT2D eigenvalue weighted by molar-refractivity contribution is -0.188. The van der Waals surface area contributed by atoms with Gasteiger partial charge in [0.15, 0.2) is 0 Å². The smallest absolute Gasteiger partial charge is 0.329 e. The number of hydrogen-bond donors (Lipinski definition) is 1. The van der Waals surface area contributed by atoms with Crippen molar-refractivity contribution in [3.8, 4) is 0 Å². The van der Waals surface area contributed by atoms with Crippen molar-refractivity contribution in [1.29, 1.82) is 0 Å². The summed E-state index contributed by atoms with van der Waals surface area (Å²) >= 11 is 0. The number of halogens is 5. The summed E-state index contributed by atoms with van der Waals surface area (Å²) in [6.07, 6.45) is -4.58. The van der Waals surface area contributed by atoms with Crippen molar-refractivity contribution < 1.29 is 26.7 Å². The molecule has 2 rings (SSSR count). The van der Waals surface area contributed by atoms with Crippen molar-refractivity contribution in [1.82, 2.24) is 10.2 Å². The van der Waals surface area contributed by atoms with Gasteiger partial charge in [0.1, 0.15) is 12.5 Å². The molecule has 1 aliphatic heterocycles. The lowest BCUT2D eigenvalue weighted by atomic mass is 9.92. The van der Waals surface area contributed by atoms with Crippen LogP contribution in [-0.4, -0.2) is 42.8 Å². The maximum atomic E-state index is 13.3. The molecule has 1 N–H and O–H groups in total. The minimum Gasteiger partial charge on any atom is -0.329 e. The number of amides is 1. The lowest BCUT2D eigenvalue weighted by Crippen LogP contribution is -2.52. The summed E-state index contributed by atoms with van der Waals surface area (Å²) in [7, 11) is 0. The molecule has 0 unspecified atom stereocenters. The highest BCUT2D eigenvalue weighted by Crippen LogP contribution is 2.29. The largest absolute Gasteiger partial charge is 0.471 e. The van der Waals surface area contributed by atoms with Crippen molar-refractivity contribution in [2.75, 3.05) is 19.8 Å². The first kappa shape index (κ1) is 17.7. The topological polar surface area (TPSA) is 32.3 Å². The summed E-state index contributed by atoms with van der Waals surface area (Å²) in [6, 6.07) is 4.61. The monoisotopic (exact) mass is 336 g/mol. The van der Waals surface area contributed by atoms with Crippen LogP contribution in [0.15, 0.2) is 24.3 Å². The molecule has 128 valence electrons. The fourth-order valence-corrected chi connectivity index (χ4v) is 2.86. The van der Waals surface area contributed by atoms with E-state index in [9.17, 15) is 26.7 Å². The second-order valence-electron chi connectivity index (χ2n) is 5.43. The summed E-state index contributed by atoms with van der Waals surface area (Å²) in [5.41, 5.74) is 0.592. The van der Waals surface area contributed by atoms with E-state index in [1.54, 1.807) is 6.07 Å². The first-order valence-corrected chi connectivity index (χ1v) is 7.25. The third-order valence-corrected chi connectivity index (χ3v) is 3.90. The van der Waals surface area contributed by atoms with E-state index in [2.05, 4.69) is 5.32 Å². The van der Waals surface area contributed by atoms with E-state index in [0.717, 1.165) is 0 Å². The van der Waals surface area contributed by atoms with E-state index >= 15 is 0 Å². The van der Waals surface area contributed by atoms with Crippen molar-refractivity contribution in [2.45, 2.75) is 31.1 Å². The van der Waals surface area contributed by atoms with E-state index in [-0.39, 0.29) is 18.9 Å². The van der Waals surface area contributed by atoms with Gasteiger partial charge in [-0.3, -0.25) is 4.79 Å². The zero-order chi connectivity index (χ0) is 17.0. The quantitative estimate of drug-likeness (QED) is 0.858. The first-order valence-electron chi connectivity index (χ1n) is 7.25. The van der Waals surface area contributed by atoms with Gasteiger partial charge in [-0.25, -0.2) is 8.78 Å². The van der Waals surface area contributed by atoms with Gasteiger partial charge < -0.3 is 10.2 Å². The molecule has 0 bridgehead atoms. The Labute approximate surface area is 130 Å². The molecule has 0 saturated carbocycles. The molecule has 8 heteroatoms. The van der Waals surface area contributed by atoms with Gasteiger partial charge in [-0.05, 0) is 37.1 Å².